The van der Waals surface area contributed by atoms with Gasteiger partial charge in [-0.25, -0.2) is 0 Å². The summed E-state index contributed by atoms with van der Waals surface area (Å²) in [5.74, 6) is 1.25. The van der Waals surface area contributed by atoms with Crippen molar-refractivity contribution in [3.63, 3.8) is 0 Å². The van der Waals surface area contributed by atoms with E-state index in [4.69, 9.17) is 27.3 Å². The Hall–Kier alpha value is -1.42. The van der Waals surface area contributed by atoms with Gasteiger partial charge in [-0.05, 0) is 37.5 Å². The third-order valence-electron chi connectivity index (χ3n) is 2.46. The predicted octanol–water partition coefficient (Wildman–Crippen LogP) is 3.25. The van der Waals surface area contributed by atoms with Gasteiger partial charge < -0.3 is 15.7 Å². The molecule has 100 valence electrons. The van der Waals surface area contributed by atoms with Gasteiger partial charge in [-0.15, -0.1) is 0 Å². The van der Waals surface area contributed by atoms with Gasteiger partial charge in [0.2, 0.25) is 0 Å². The van der Waals surface area contributed by atoms with E-state index in [1.807, 2.05) is 6.92 Å². The number of nitrogens with zero attached hydrogens (tertiary/aromatic N) is 1. The minimum Gasteiger partial charge on any atom is -0.491 e. The molecule has 1 atom stereocenters. The molecule has 0 saturated heterocycles. The third kappa shape index (κ3) is 4.11. The molecule has 0 radical (unpaired) electrons. The van der Waals surface area contributed by atoms with E-state index in [1.165, 1.54) is 0 Å². The van der Waals surface area contributed by atoms with Gasteiger partial charge in [0, 0.05) is 5.56 Å². The van der Waals surface area contributed by atoms with Gasteiger partial charge in [-0.2, -0.15) is 0 Å². The number of hydrogen-bond donors (Lipinski definition) is 2. The Labute approximate surface area is 112 Å². The molecule has 4 nitrogen and oxygen atoms in total. The van der Waals surface area contributed by atoms with Gasteiger partial charge in [0.1, 0.15) is 5.75 Å². The topological polar surface area (TPSA) is 67.8 Å². The standard InChI is InChI=1S/C13H19ClN2O2/c1-8(2)6-9(3)18-10-4-5-11(12(14)7-10)13(15)16-17/h4-5,7-9,17H,6H2,1-3H3,(H2,15,16). The summed E-state index contributed by atoms with van der Waals surface area (Å²) in [6, 6.07) is 5.11. The molecule has 0 amide bonds. The fourth-order valence-corrected chi connectivity index (χ4v) is 2.04. The average Bonchev–Trinajstić information content (AvgIpc) is 2.27. The molecule has 3 N–H and O–H groups in total. The Morgan fingerprint density at radius 2 is 2.11 bits per heavy atom. The van der Waals surface area contributed by atoms with Crippen LogP contribution in [0.4, 0.5) is 0 Å². The van der Waals surface area contributed by atoms with Crippen LogP contribution in [-0.4, -0.2) is 17.1 Å². The second-order valence-electron chi connectivity index (χ2n) is 4.68. The lowest BCUT2D eigenvalue weighted by Crippen LogP contribution is -2.16. The maximum absolute atomic E-state index is 8.60. The van der Waals surface area contributed by atoms with Crippen LogP contribution in [-0.2, 0) is 0 Å². The van der Waals surface area contributed by atoms with Gasteiger partial charge in [-0.1, -0.05) is 30.6 Å². The highest BCUT2D eigenvalue weighted by Gasteiger charge is 2.10. The molecule has 1 unspecified atom stereocenters. The van der Waals surface area contributed by atoms with E-state index in [0.29, 0.717) is 22.3 Å². The second kappa shape index (κ2) is 6.50. The van der Waals surface area contributed by atoms with Crippen molar-refractivity contribution in [3.8, 4) is 5.75 Å². The zero-order chi connectivity index (χ0) is 13.7. The van der Waals surface area contributed by atoms with Crippen LogP contribution in [0.2, 0.25) is 5.02 Å². The van der Waals surface area contributed by atoms with Crippen molar-refractivity contribution in [1.29, 1.82) is 0 Å². The van der Waals surface area contributed by atoms with E-state index in [-0.39, 0.29) is 11.9 Å². The third-order valence-corrected chi connectivity index (χ3v) is 2.78. The van der Waals surface area contributed by atoms with E-state index in [2.05, 4.69) is 19.0 Å². The number of rotatable bonds is 5. The molecular weight excluding hydrogens is 252 g/mol. The second-order valence-corrected chi connectivity index (χ2v) is 5.09. The summed E-state index contributed by atoms with van der Waals surface area (Å²) in [7, 11) is 0. The predicted molar refractivity (Wildman–Crippen MR) is 73.5 cm³/mol. The highest BCUT2D eigenvalue weighted by atomic mass is 35.5. The Kier molecular flexibility index (Phi) is 5.28. The molecule has 0 aliphatic rings. The summed E-state index contributed by atoms with van der Waals surface area (Å²) in [5, 5.41) is 11.9. The van der Waals surface area contributed by atoms with E-state index >= 15 is 0 Å². The normalized spacial score (nSPS) is 13.7. The summed E-state index contributed by atoms with van der Waals surface area (Å²) in [4.78, 5) is 0. The van der Waals surface area contributed by atoms with Gasteiger partial charge >= 0.3 is 0 Å². The molecule has 0 aromatic heterocycles. The van der Waals surface area contributed by atoms with Crippen LogP contribution in [0.15, 0.2) is 23.4 Å². The van der Waals surface area contributed by atoms with Gasteiger partial charge in [0.15, 0.2) is 5.84 Å². The minimum absolute atomic E-state index is 0.0122. The molecular formula is C13H19ClN2O2. The Morgan fingerprint density at radius 3 is 2.61 bits per heavy atom. The van der Waals surface area contributed by atoms with E-state index in [0.717, 1.165) is 6.42 Å². The first-order chi connectivity index (χ1) is 8.43. The summed E-state index contributed by atoms with van der Waals surface area (Å²) in [6.07, 6.45) is 1.09. The Morgan fingerprint density at radius 1 is 1.44 bits per heavy atom. The van der Waals surface area contributed by atoms with Crippen molar-refractivity contribution >= 4 is 17.4 Å². The lowest BCUT2D eigenvalue weighted by Gasteiger charge is -2.17. The molecule has 0 heterocycles. The Balaban J connectivity index is 2.79. The lowest BCUT2D eigenvalue weighted by molar-refractivity contribution is 0.193. The van der Waals surface area contributed by atoms with Crippen molar-refractivity contribution in [1.82, 2.24) is 0 Å². The monoisotopic (exact) mass is 270 g/mol. The first-order valence-corrected chi connectivity index (χ1v) is 6.26. The molecule has 0 saturated carbocycles. The highest BCUT2D eigenvalue weighted by molar-refractivity contribution is 6.34. The summed E-state index contributed by atoms with van der Waals surface area (Å²) < 4.78 is 5.75. The number of amidine groups is 1. The number of halogens is 1. The van der Waals surface area contributed by atoms with Gasteiger partial charge in [0.05, 0.1) is 11.1 Å². The van der Waals surface area contributed by atoms with E-state index in [9.17, 15) is 0 Å². The van der Waals surface area contributed by atoms with Gasteiger partial charge in [0.25, 0.3) is 0 Å². The first kappa shape index (κ1) is 14.6. The molecule has 18 heavy (non-hydrogen) atoms. The average molecular weight is 271 g/mol. The van der Waals surface area contributed by atoms with Crippen molar-refractivity contribution in [2.75, 3.05) is 0 Å². The molecule has 0 fully saturated rings. The summed E-state index contributed by atoms with van der Waals surface area (Å²) >= 11 is 6.04. The first-order valence-electron chi connectivity index (χ1n) is 5.88. The quantitative estimate of drug-likeness (QED) is 0.373. The van der Waals surface area contributed by atoms with Crippen molar-refractivity contribution in [2.24, 2.45) is 16.8 Å². The fourth-order valence-electron chi connectivity index (χ4n) is 1.78. The smallest absolute Gasteiger partial charge is 0.171 e. The minimum atomic E-state index is -0.0122. The summed E-state index contributed by atoms with van der Waals surface area (Å²) in [5.41, 5.74) is 5.98. The lowest BCUT2D eigenvalue weighted by atomic mass is 10.1. The number of hydrogen-bond acceptors (Lipinski definition) is 3. The van der Waals surface area contributed by atoms with Crippen LogP contribution in [0.25, 0.3) is 0 Å². The highest BCUT2D eigenvalue weighted by Crippen LogP contribution is 2.24. The maximum atomic E-state index is 8.60. The zero-order valence-electron chi connectivity index (χ0n) is 10.9. The van der Waals surface area contributed by atoms with Crippen LogP contribution in [0.5, 0.6) is 5.75 Å². The number of oxime groups is 1. The van der Waals surface area contributed by atoms with Crippen molar-refractivity contribution in [3.05, 3.63) is 28.8 Å². The number of nitrogens with two attached hydrogens (primary N) is 1. The van der Waals surface area contributed by atoms with Crippen molar-refractivity contribution < 1.29 is 9.94 Å². The number of benzene rings is 1. The molecule has 0 aliphatic heterocycles. The summed E-state index contributed by atoms with van der Waals surface area (Å²) in [6.45, 7) is 6.31. The van der Waals surface area contributed by atoms with Crippen LogP contribution in [0.3, 0.4) is 0 Å². The molecule has 0 spiro atoms. The van der Waals surface area contributed by atoms with Gasteiger partial charge in [-0.3, -0.25) is 0 Å². The largest absolute Gasteiger partial charge is 0.491 e. The van der Waals surface area contributed by atoms with E-state index in [1.54, 1.807) is 18.2 Å². The van der Waals surface area contributed by atoms with Crippen LogP contribution >= 0.6 is 11.6 Å². The van der Waals surface area contributed by atoms with Crippen LogP contribution in [0, 0.1) is 5.92 Å². The molecule has 1 aromatic rings. The number of ether oxygens (including phenoxy) is 1. The SMILES string of the molecule is CC(C)CC(C)Oc1ccc(C(N)=NO)c(Cl)c1. The Bertz CT molecular complexity index is 433. The molecule has 0 aliphatic carbocycles. The molecule has 0 bridgehead atoms. The molecule has 1 aromatic carbocycles. The maximum Gasteiger partial charge on any atom is 0.171 e. The van der Waals surface area contributed by atoms with E-state index < -0.39 is 0 Å². The molecule has 5 heteroatoms. The van der Waals surface area contributed by atoms with Crippen LogP contribution < -0.4 is 10.5 Å². The molecule has 1 rings (SSSR count). The van der Waals surface area contributed by atoms with Crippen molar-refractivity contribution in [2.45, 2.75) is 33.3 Å². The fraction of sp³-hybridized carbons (Fsp3) is 0.462. The zero-order valence-corrected chi connectivity index (χ0v) is 11.6. The van der Waals surface area contributed by atoms with Crippen LogP contribution in [0.1, 0.15) is 32.8 Å².